The van der Waals surface area contributed by atoms with Gasteiger partial charge in [0.05, 0.1) is 6.04 Å². The van der Waals surface area contributed by atoms with Crippen molar-refractivity contribution in [2.75, 3.05) is 13.2 Å². The Labute approximate surface area is 206 Å². The molecular formula is C31H29NO3. The lowest BCUT2D eigenvalue weighted by atomic mass is 9.89. The Bertz CT molecular complexity index is 1230. The predicted molar refractivity (Wildman–Crippen MR) is 139 cm³/mol. The van der Waals surface area contributed by atoms with E-state index < -0.39 is 0 Å². The van der Waals surface area contributed by atoms with Crippen molar-refractivity contribution in [3.63, 3.8) is 0 Å². The number of allylic oxidation sites excluding steroid dienone is 2. The van der Waals surface area contributed by atoms with E-state index in [1.165, 1.54) is 22.3 Å². The first-order valence-corrected chi connectivity index (χ1v) is 12.2. The monoisotopic (exact) mass is 463 g/mol. The number of amides is 1. The lowest BCUT2D eigenvalue weighted by Gasteiger charge is -2.36. The quantitative estimate of drug-likeness (QED) is 0.407. The fourth-order valence-corrected chi connectivity index (χ4v) is 5.14. The van der Waals surface area contributed by atoms with Crippen molar-refractivity contribution in [3.05, 3.63) is 114 Å². The van der Waals surface area contributed by atoms with Crippen LogP contribution in [0.15, 0.2) is 97.1 Å². The summed E-state index contributed by atoms with van der Waals surface area (Å²) in [7, 11) is 0. The summed E-state index contributed by atoms with van der Waals surface area (Å²) in [6.07, 6.45) is 7.78. The molecule has 1 heterocycles. The average Bonchev–Trinajstić information content (AvgIpc) is 3.22. The number of rotatable bonds is 5. The molecule has 3 aromatic rings. The van der Waals surface area contributed by atoms with Crippen LogP contribution in [-0.4, -0.2) is 36.0 Å². The molecule has 0 saturated carbocycles. The predicted octanol–water partition coefficient (Wildman–Crippen LogP) is 6.48. The molecule has 4 heteroatoms. The van der Waals surface area contributed by atoms with Gasteiger partial charge in [0.1, 0.15) is 12.4 Å². The first kappa shape index (κ1) is 22.9. The fourth-order valence-electron chi connectivity index (χ4n) is 5.14. The number of piperidine rings is 1. The summed E-state index contributed by atoms with van der Waals surface area (Å²) in [5.41, 5.74) is 5.87. The molecule has 0 N–H and O–H groups in total. The molecule has 4 nitrogen and oxygen atoms in total. The van der Waals surface area contributed by atoms with Crippen molar-refractivity contribution in [1.29, 1.82) is 0 Å². The highest BCUT2D eigenvalue weighted by Crippen LogP contribution is 2.44. The van der Waals surface area contributed by atoms with E-state index >= 15 is 0 Å². The van der Waals surface area contributed by atoms with E-state index in [2.05, 4.69) is 24.3 Å². The van der Waals surface area contributed by atoms with Crippen LogP contribution in [0.2, 0.25) is 0 Å². The largest absolute Gasteiger partial charge is 0.448 e. The molecule has 1 fully saturated rings. The summed E-state index contributed by atoms with van der Waals surface area (Å²) in [5, 5.41) is 0. The normalized spacial score (nSPS) is 19.8. The number of fused-ring (bicyclic) bond motifs is 3. The van der Waals surface area contributed by atoms with Crippen molar-refractivity contribution >= 4 is 18.0 Å². The summed E-state index contributed by atoms with van der Waals surface area (Å²) >= 11 is 0. The van der Waals surface area contributed by atoms with E-state index in [-0.39, 0.29) is 36.4 Å². The molecule has 1 aliphatic carbocycles. The summed E-state index contributed by atoms with van der Waals surface area (Å²) in [6, 6.07) is 26.3. The molecule has 0 radical (unpaired) electrons. The number of hydrogen-bond acceptors (Lipinski definition) is 3. The first-order valence-electron chi connectivity index (χ1n) is 12.2. The van der Waals surface area contributed by atoms with Crippen LogP contribution in [0.25, 0.3) is 17.2 Å². The fraction of sp³-hybridized carbons (Fsp3) is 0.226. The van der Waals surface area contributed by atoms with Crippen molar-refractivity contribution in [2.24, 2.45) is 5.92 Å². The minimum absolute atomic E-state index is 0.0120. The highest BCUT2D eigenvalue weighted by atomic mass is 16.6. The molecule has 1 aliphatic heterocycles. The molecule has 0 spiro atoms. The van der Waals surface area contributed by atoms with Crippen LogP contribution in [0, 0.1) is 5.92 Å². The van der Waals surface area contributed by atoms with Gasteiger partial charge in [-0.2, -0.15) is 0 Å². The maximum Gasteiger partial charge on any atom is 0.410 e. The van der Waals surface area contributed by atoms with Gasteiger partial charge in [-0.3, -0.25) is 4.79 Å². The van der Waals surface area contributed by atoms with Gasteiger partial charge in [0.2, 0.25) is 0 Å². The highest BCUT2D eigenvalue weighted by Gasteiger charge is 2.37. The number of ether oxygens (including phenoxy) is 1. The van der Waals surface area contributed by atoms with Crippen LogP contribution in [0.1, 0.15) is 36.0 Å². The zero-order valence-corrected chi connectivity index (χ0v) is 19.8. The Kier molecular flexibility index (Phi) is 6.62. The Morgan fingerprint density at radius 3 is 2.23 bits per heavy atom. The number of hydrogen-bond donors (Lipinski definition) is 0. The van der Waals surface area contributed by atoms with E-state index in [0.717, 1.165) is 5.56 Å². The third-order valence-corrected chi connectivity index (χ3v) is 7.06. The molecule has 2 aliphatic rings. The van der Waals surface area contributed by atoms with Crippen molar-refractivity contribution in [2.45, 2.75) is 25.3 Å². The number of likely N-dealkylation sites (tertiary alicyclic amines) is 1. The molecule has 1 amide bonds. The van der Waals surface area contributed by atoms with Gasteiger partial charge in [0.15, 0.2) is 0 Å². The van der Waals surface area contributed by atoms with Crippen molar-refractivity contribution in [3.8, 4) is 11.1 Å². The lowest BCUT2D eigenvalue weighted by Crippen LogP contribution is -2.50. The maximum atomic E-state index is 13.2. The molecule has 0 bridgehead atoms. The third-order valence-electron chi connectivity index (χ3n) is 7.06. The second-order valence-electron chi connectivity index (χ2n) is 9.15. The number of benzene rings is 3. The summed E-state index contributed by atoms with van der Waals surface area (Å²) in [4.78, 5) is 27.4. The van der Waals surface area contributed by atoms with Crippen LogP contribution in [0.5, 0.6) is 0 Å². The molecule has 1 saturated heterocycles. The summed E-state index contributed by atoms with van der Waals surface area (Å²) < 4.78 is 5.89. The van der Waals surface area contributed by atoms with E-state index in [1.807, 2.05) is 85.8 Å². The number of carbonyl (C=O) groups excluding carboxylic acids is 2. The second kappa shape index (κ2) is 10.1. The van der Waals surface area contributed by atoms with E-state index in [9.17, 15) is 9.59 Å². The molecule has 35 heavy (non-hydrogen) atoms. The van der Waals surface area contributed by atoms with Gasteiger partial charge in [0, 0.05) is 24.8 Å². The van der Waals surface area contributed by atoms with Crippen LogP contribution in [0.3, 0.4) is 0 Å². The molecule has 3 aromatic carbocycles. The molecular weight excluding hydrogens is 434 g/mol. The molecule has 0 unspecified atom stereocenters. The molecule has 2 atom stereocenters. The Hall–Kier alpha value is -3.92. The SMILES string of the molecule is C[C@H]1C(=O)CCN(C(=O)OCC2c3ccccc3-c3ccccc32)[C@@H]1/C=C/C=C/c1ccccc1. The van der Waals surface area contributed by atoms with Gasteiger partial charge >= 0.3 is 6.09 Å². The van der Waals surface area contributed by atoms with Crippen molar-refractivity contribution < 1.29 is 14.3 Å². The van der Waals surface area contributed by atoms with E-state index in [1.54, 1.807) is 4.90 Å². The van der Waals surface area contributed by atoms with Gasteiger partial charge in [-0.05, 0) is 27.8 Å². The highest BCUT2D eigenvalue weighted by molar-refractivity contribution is 5.85. The first-order chi connectivity index (χ1) is 17.1. The Morgan fingerprint density at radius 2 is 1.54 bits per heavy atom. The zero-order chi connectivity index (χ0) is 24.2. The van der Waals surface area contributed by atoms with Gasteiger partial charge in [-0.1, -0.05) is 110 Å². The second-order valence-corrected chi connectivity index (χ2v) is 9.15. The van der Waals surface area contributed by atoms with Gasteiger partial charge < -0.3 is 9.64 Å². The van der Waals surface area contributed by atoms with Crippen LogP contribution in [0.4, 0.5) is 4.79 Å². The smallest absolute Gasteiger partial charge is 0.410 e. The van der Waals surface area contributed by atoms with Gasteiger partial charge in [-0.25, -0.2) is 4.79 Å². The molecule has 176 valence electrons. The Balaban J connectivity index is 1.30. The number of Topliss-reactive ketones (excluding diaryl/α,β-unsaturated/α-hetero) is 1. The van der Waals surface area contributed by atoms with Crippen LogP contribution >= 0.6 is 0 Å². The average molecular weight is 464 g/mol. The van der Waals surface area contributed by atoms with Crippen molar-refractivity contribution in [1.82, 2.24) is 4.90 Å². The minimum atomic E-state index is -0.368. The summed E-state index contributed by atoms with van der Waals surface area (Å²) in [6.45, 7) is 2.54. The standard InChI is InChI=1S/C31H29NO3/c1-22-29(18-10-5-13-23-11-3-2-4-12-23)32(20-19-30(22)33)31(34)35-21-28-26-16-8-6-14-24(26)25-15-7-9-17-27(25)28/h2-18,22,28-29H,19-21H2,1H3/b13-5+,18-10+/t22-,29-/m1/s1. The topological polar surface area (TPSA) is 46.6 Å². The van der Waals surface area contributed by atoms with Crippen LogP contribution in [-0.2, 0) is 9.53 Å². The zero-order valence-electron chi connectivity index (χ0n) is 19.8. The van der Waals surface area contributed by atoms with E-state index in [4.69, 9.17) is 4.74 Å². The van der Waals surface area contributed by atoms with Gasteiger partial charge in [-0.15, -0.1) is 0 Å². The van der Waals surface area contributed by atoms with Gasteiger partial charge in [0.25, 0.3) is 0 Å². The number of ketones is 1. The summed E-state index contributed by atoms with van der Waals surface area (Å²) in [5.74, 6) is -0.0852. The third kappa shape index (κ3) is 4.69. The Morgan fingerprint density at radius 1 is 0.914 bits per heavy atom. The molecule has 5 rings (SSSR count). The maximum absolute atomic E-state index is 13.2. The van der Waals surface area contributed by atoms with E-state index in [0.29, 0.717) is 13.0 Å². The minimum Gasteiger partial charge on any atom is -0.448 e. The lowest BCUT2D eigenvalue weighted by molar-refractivity contribution is -0.126. The van der Waals surface area contributed by atoms with Crippen LogP contribution < -0.4 is 0 Å². The molecule has 0 aromatic heterocycles. The number of carbonyl (C=O) groups is 2. The number of nitrogens with zero attached hydrogens (tertiary/aromatic N) is 1.